The molecule has 0 amide bonds. The molecule has 0 radical (unpaired) electrons. The van der Waals surface area contributed by atoms with Gasteiger partial charge in [-0.05, 0) is 24.3 Å². The Morgan fingerprint density at radius 3 is 2.60 bits per heavy atom. The summed E-state index contributed by atoms with van der Waals surface area (Å²) in [6.07, 6.45) is 3.67. The van der Waals surface area contributed by atoms with Gasteiger partial charge < -0.3 is 4.98 Å². The number of hydrogen-bond donors (Lipinski definition) is 1. The van der Waals surface area contributed by atoms with Crippen LogP contribution in [0, 0.1) is 0 Å². The molecule has 72 valence electrons. The first-order valence-corrected chi connectivity index (χ1v) is 4.79. The number of nitrogens with one attached hydrogen (secondary N) is 1. The number of benzene rings is 1. The van der Waals surface area contributed by atoms with E-state index in [4.69, 9.17) is 0 Å². The van der Waals surface area contributed by atoms with Crippen molar-refractivity contribution in [3.63, 3.8) is 0 Å². The third kappa shape index (κ3) is 1.38. The van der Waals surface area contributed by atoms with Crippen molar-refractivity contribution in [3.8, 4) is 11.4 Å². The molecule has 1 N–H and O–H groups in total. The summed E-state index contributed by atoms with van der Waals surface area (Å²) in [5.74, 6) is 0. The molecule has 3 aromatic rings. The molecule has 0 bridgehead atoms. The van der Waals surface area contributed by atoms with Gasteiger partial charge in [0.2, 0.25) is 0 Å². The third-order valence-electron chi connectivity index (χ3n) is 2.32. The molecular formula is C12H9N3. The van der Waals surface area contributed by atoms with E-state index in [0.717, 1.165) is 22.4 Å². The van der Waals surface area contributed by atoms with Crippen LogP contribution in [0.1, 0.15) is 0 Å². The predicted octanol–water partition coefficient (Wildman–Crippen LogP) is 2.62. The summed E-state index contributed by atoms with van der Waals surface area (Å²) in [7, 11) is 0. The fourth-order valence-electron chi connectivity index (χ4n) is 1.58. The van der Waals surface area contributed by atoms with E-state index in [1.165, 1.54) is 0 Å². The Hall–Kier alpha value is -2.16. The smallest absolute Gasteiger partial charge is 0.105 e. The van der Waals surface area contributed by atoms with Crippen LogP contribution in [-0.4, -0.2) is 15.0 Å². The van der Waals surface area contributed by atoms with Crippen LogP contribution < -0.4 is 0 Å². The van der Waals surface area contributed by atoms with E-state index in [1.807, 2.05) is 42.6 Å². The summed E-state index contributed by atoms with van der Waals surface area (Å²) in [4.78, 5) is 12.0. The van der Waals surface area contributed by atoms with Gasteiger partial charge in [-0.3, -0.25) is 4.98 Å². The van der Waals surface area contributed by atoms with Crippen molar-refractivity contribution >= 4 is 11.0 Å². The Labute approximate surface area is 86.8 Å². The molecule has 15 heavy (non-hydrogen) atoms. The van der Waals surface area contributed by atoms with Crippen LogP contribution in [0.3, 0.4) is 0 Å². The van der Waals surface area contributed by atoms with Crippen molar-refractivity contribution in [3.05, 3.63) is 48.8 Å². The lowest BCUT2D eigenvalue weighted by Gasteiger charge is -1.99. The molecule has 0 spiro atoms. The SMILES string of the molecule is c1c[nH]c(-c2cnc3ccccc3n2)c1. The van der Waals surface area contributed by atoms with E-state index < -0.39 is 0 Å². The predicted molar refractivity (Wildman–Crippen MR) is 59.3 cm³/mol. The molecule has 2 aromatic heterocycles. The van der Waals surface area contributed by atoms with Crippen molar-refractivity contribution in [2.45, 2.75) is 0 Å². The van der Waals surface area contributed by atoms with E-state index in [9.17, 15) is 0 Å². The highest BCUT2D eigenvalue weighted by molar-refractivity contribution is 5.76. The first-order chi connectivity index (χ1) is 7.43. The molecule has 0 aliphatic carbocycles. The highest BCUT2D eigenvalue weighted by Crippen LogP contribution is 2.16. The standard InChI is InChI=1S/C12H9N3/c1-2-5-11-9(4-1)14-8-12(15-11)10-6-3-7-13-10/h1-8,13H. The lowest BCUT2D eigenvalue weighted by atomic mass is 10.2. The van der Waals surface area contributed by atoms with E-state index >= 15 is 0 Å². The summed E-state index contributed by atoms with van der Waals surface area (Å²) >= 11 is 0. The minimum atomic E-state index is 0.874. The molecule has 0 aliphatic rings. The van der Waals surface area contributed by atoms with Gasteiger partial charge in [-0.1, -0.05) is 12.1 Å². The summed E-state index contributed by atoms with van der Waals surface area (Å²) < 4.78 is 0. The maximum Gasteiger partial charge on any atom is 0.105 e. The van der Waals surface area contributed by atoms with E-state index in [1.54, 1.807) is 6.20 Å². The molecule has 0 atom stereocenters. The molecule has 0 unspecified atom stereocenters. The average Bonchev–Trinajstić information content (AvgIpc) is 2.82. The number of fused-ring (bicyclic) bond motifs is 1. The number of H-pyrrole nitrogens is 1. The van der Waals surface area contributed by atoms with Gasteiger partial charge in [0.1, 0.15) is 5.69 Å². The number of hydrogen-bond acceptors (Lipinski definition) is 2. The van der Waals surface area contributed by atoms with Crippen molar-refractivity contribution in [1.82, 2.24) is 15.0 Å². The lowest BCUT2D eigenvalue weighted by molar-refractivity contribution is 1.26. The van der Waals surface area contributed by atoms with Gasteiger partial charge in [0.05, 0.1) is 22.9 Å². The second kappa shape index (κ2) is 3.20. The second-order valence-electron chi connectivity index (χ2n) is 3.33. The molecule has 0 fully saturated rings. The van der Waals surface area contributed by atoms with Crippen LogP contribution >= 0.6 is 0 Å². The Morgan fingerprint density at radius 1 is 0.933 bits per heavy atom. The van der Waals surface area contributed by atoms with Crippen molar-refractivity contribution < 1.29 is 0 Å². The summed E-state index contributed by atoms with van der Waals surface area (Å²) in [6, 6.07) is 11.8. The van der Waals surface area contributed by atoms with Gasteiger partial charge in [0.15, 0.2) is 0 Å². The molecule has 3 rings (SSSR count). The van der Waals surface area contributed by atoms with Crippen LogP contribution in [0.2, 0.25) is 0 Å². The van der Waals surface area contributed by atoms with Gasteiger partial charge >= 0.3 is 0 Å². The summed E-state index contributed by atoms with van der Waals surface area (Å²) in [5, 5.41) is 0. The largest absolute Gasteiger partial charge is 0.360 e. The number of nitrogens with zero attached hydrogens (tertiary/aromatic N) is 2. The van der Waals surface area contributed by atoms with Gasteiger partial charge in [-0.15, -0.1) is 0 Å². The normalized spacial score (nSPS) is 10.7. The van der Waals surface area contributed by atoms with Crippen LogP contribution in [-0.2, 0) is 0 Å². The van der Waals surface area contributed by atoms with E-state index in [2.05, 4.69) is 15.0 Å². The minimum absolute atomic E-state index is 0.874. The maximum absolute atomic E-state index is 4.52. The zero-order chi connectivity index (χ0) is 10.1. The fraction of sp³-hybridized carbons (Fsp3) is 0. The second-order valence-corrected chi connectivity index (χ2v) is 3.33. The molecular weight excluding hydrogens is 186 g/mol. The molecule has 3 heteroatoms. The summed E-state index contributed by atoms with van der Waals surface area (Å²) in [6.45, 7) is 0. The van der Waals surface area contributed by atoms with Crippen molar-refractivity contribution in [1.29, 1.82) is 0 Å². The zero-order valence-electron chi connectivity index (χ0n) is 8.01. The Balaban J connectivity index is 2.22. The number of aromatic amines is 1. The lowest BCUT2D eigenvalue weighted by Crippen LogP contribution is -1.87. The van der Waals surface area contributed by atoms with Gasteiger partial charge in [-0.2, -0.15) is 0 Å². The molecule has 3 nitrogen and oxygen atoms in total. The van der Waals surface area contributed by atoms with E-state index in [-0.39, 0.29) is 0 Å². The molecule has 0 saturated carbocycles. The number of aromatic nitrogens is 3. The highest BCUT2D eigenvalue weighted by atomic mass is 14.8. The Bertz CT molecular complexity index is 585. The Morgan fingerprint density at radius 2 is 1.80 bits per heavy atom. The van der Waals surface area contributed by atoms with Crippen LogP contribution in [0.4, 0.5) is 0 Å². The monoisotopic (exact) mass is 195 g/mol. The highest BCUT2D eigenvalue weighted by Gasteiger charge is 2.01. The number of rotatable bonds is 1. The fourth-order valence-corrected chi connectivity index (χ4v) is 1.58. The quantitative estimate of drug-likeness (QED) is 0.648. The molecule has 0 saturated heterocycles. The molecule has 1 aromatic carbocycles. The average molecular weight is 195 g/mol. The minimum Gasteiger partial charge on any atom is -0.360 e. The van der Waals surface area contributed by atoms with Crippen LogP contribution in [0.25, 0.3) is 22.4 Å². The van der Waals surface area contributed by atoms with E-state index in [0.29, 0.717) is 0 Å². The first kappa shape index (κ1) is 8.17. The topological polar surface area (TPSA) is 41.6 Å². The van der Waals surface area contributed by atoms with Crippen LogP contribution in [0.15, 0.2) is 48.8 Å². The van der Waals surface area contributed by atoms with Gasteiger partial charge in [-0.25, -0.2) is 4.98 Å². The van der Waals surface area contributed by atoms with Crippen LogP contribution in [0.5, 0.6) is 0 Å². The van der Waals surface area contributed by atoms with Gasteiger partial charge in [0, 0.05) is 6.20 Å². The third-order valence-corrected chi connectivity index (χ3v) is 2.32. The zero-order valence-corrected chi connectivity index (χ0v) is 8.01. The maximum atomic E-state index is 4.52. The Kier molecular flexibility index (Phi) is 1.75. The van der Waals surface area contributed by atoms with Crippen molar-refractivity contribution in [2.75, 3.05) is 0 Å². The van der Waals surface area contributed by atoms with Crippen molar-refractivity contribution in [2.24, 2.45) is 0 Å². The molecule has 2 heterocycles. The summed E-state index contributed by atoms with van der Waals surface area (Å²) in [5.41, 5.74) is 3.71. The molecule has 0 aliphatic heterocycles. The first-order valence-electron chi connectivity index (χ1n) is 4.79. The van der Waals surface area contributed by atoms with Gasteiger partial charge in [0.25, 0.3) is 0 Å². The number of para-hydroxylation sites is 2.